The number of esters is 1. The zero-order valence-corrected chi connectivity index (χ0v) is 11.8. The van der Waals surface area contributed by atoms with E-state index in [1.807, 2.05) is 0 Å². The number of carbonyl (C=O) groups excluding carboxylic acids is 2. The van der Waals surface area contributed by atoms with E-state index in [-0.39, 0.29) is 13.2 Å². The van der Waals surface area contributed by atoms with Crippen molar-refractivity contribution in [2.24, 2.45) is 0 Å². The Bertz CT molecular complexity index is 266. The van der Waals surface area contributed by atoms with Gasteiger partial charge in [0, 0.05) is 12.6 Å². The summed E-state index contributed by atoms with van der Waals surface area (Å²) in [7, 11) is 0. The fourth-order valence-electron chi connectivity index (χ4n) is 1.48. The largest absolute Gasteiger partial charge is 0.459 e. The van der Waals surface area contributed by atoms with Crippen molar-refractivity contribution in [1.29, 1.82) is 0 Å². The fourth-order valence-corrected chi connectivity index (χ4v) is 1.48. The molecule has 1 amide bonds. The predicted octanol–water partition coefficient (Wildman–Crippen LogP) is 2.80. The van der Waals surface area contributed by atoms with Gasteiger partial charge >= 0.3 is 12.1 Å². The van der Waals surface area contributed by atoms with Crippen molar-refractivity contribution in [2.45, 2.75) is 45.4 Å². The Morgan fingerprint density at radius 2 is 1.68 bits per heavy atom. The average molecular weight is 271 g/mol. The standard InChI is InChI=1S/C14H25NO4/c1-3-5-6-7-8-9-10-15-14(17)19-12-11-18-13(16)4-2/h4H,2-3,5-12H2,1H3,(H,15,17). The van der Waals surface area contributed by atoms with E-state index >= 15 is 0 Å². The SMILES string of the molecule is C=CC(=O)OCCOC(=O)NCCCCCCCC. The number of nitrogens with one attached hydrogen (secondary N) is 1. The van der Waals surface area contributed by atoms with Gasteiger partial charge in [0.1, 0.15) is 13.2 Å². The molecule has 0 spiro atoms. The summed E-state index contributed by atoms with van der Waals surface area (Å²) < 4.78 is 9.48. The molecule has 0 rings (SSSR count). The van der Waals surface area contributed by atoms with Crippen LogP contribution in [0.4, 0.5) is 4.79 Å². The van der Waals surface area contributed by atoms with Gasteiger partial charge < -0.3 is 14.8 Å². The van der Waals surface area contributed by atoms with Crippen LogP contribution in [0.15, 0.2) is 12.7 Å². The van der Waals surface area contributed by atoms with Crippen LogP contribution in [0.3, 0.4) is 0 Å². The van der Waals surface area contributed by atoms with Crippen molar-refractivity contribution < 1.29 is 19.1 Å². The highest BCUT2D eigenvalue weighted by Crippen LogP contribution is 2.03. The van der Waals surface area contributed by atoms with Gasteiger partial charge in [-0.25, -0.2) is 9.59 Å². The number of rotatable bonds is 11. The molecule has 0 unspecified atom stereocenters. The van der Waals surface area contributed by atoms with Crippen LogP contribution in [0, 0.1) is 0 Å². The number of alkyl carbamates (subject to hydrolysis) is 1. The summed E-state index contributed by atoms with van der Waals surface area (Å²) in [5, 5.41) is 2.65. The zero-order chi connectivity index (χ0) is 14.3. The summed E-state index contributed by atoms with van der Waals surface area (Å²) in [6.07, 6.45) is 7.67. The van der Waals surface area contributed by atoms with Crippen molar-refractivity contribution in [1.82, 2.24) is 5.32 Å². The van der Waals surface area contributed by atoms with Crippen LogP contribution in [0.25, 0.3) is 0 Å². The first-order valence-electron chi connectivity index (χ1n) is 6.90. The molecule has 0 fully saturated rings. The Balaban J connectivity index is 3.25. The first kappa shape index (κ1) is 17.5. The Labute approximate surface area is 115 Å². The fraction of sp³-hybridized carbons (Fsp3) is 0.714. The maximum Gasteiger partial charge on any atom is 0.407 e. The van der Waals surface area contributed by atoms with Gasteiger partial charge in [-0.1, -0.05) is 45.6 Å². The van der Waals surface area contributed by atoms with E-state index < -0.39 is 12.1 Å². The Kier molecular flexibility index (Phi) is 11.9. The first-order valence-corrected chi connectivity index (χ1v) is 6.90. The van der Waals surface area contributed by atoms with Crippen LogP contribution in [0.5, 0.6) is 0 Å². The monoisotopic (exact) mass is 271 g/mol. The molecule has 0 saturated carbocycles. The van der Waals surface area contributed by atoms with E-state index in [1.165, 1.54) is 25.7 Å². The maximum atomic E-state index is 11.2. The van der Waals surface area contributed by atoms with Gasteiger partial charge in [0.05, 0.1) is 0 Å². The third kappa shape index (κ3) is 12.7. The highest BCUT2D eigenvalue weighted by atomic mass is 16.6. The number of hydrogen-bond donors (Lipinski definition) is 1. The van der Waals surface area contributed by atoms with E-state index in [9.17, 15) is 9.59 Å². The van der Waals surface area contributed by atoms with Crippen LogP contribution >= 0.6 is 0 Å². The minimum Gasteiger partial charge on any atom is -0.459 e. The molecule has 19 heavy (non-hydrogen) atoms. The lowest BCUT2D eigenvalue weighted by molar-refractivity contribution is -0.138. The second-order valence-corrected chi connectivity index (χ2v) is 4.20. The number of hydrogen-bond acceptors (Lipinski definition) is 4. The van der Waals surface area contributed by atoms with Gasteiger partial charge in [-0.2, -0.15) is 0 Å². The smallest absolute Gasteiger partial charge is 0.407 e. The molecular formula is C14H25NO4. The third-order valence-corrected chi connectivity index (χ3v) is 2.53. The molecule has 110 valence electrons. The Morgan fingerprint density at radius 1 is 1.05 bits per heavy atom. The molecule has 5 nitrogen and oxygen atoms in total. The molecular weight excluding hydrogens is 246 g/mol. The second kappa shape index (κ2) is 12.9. The molecule has 0 aromatic rings. The van der Waals surface area contributed by atoms with Crippen molar-refractivity contribution in [2.75, 3.05) is 19.8 Å². The van der Waals surface area contributed by atoms with Crippen molar-refractivity contribution in [3.63, 3.8) is 0 Å². The van der Waals surface area contributed by atoms with E-state index in [2.05, 4.69) is 23.6 Å². The number of amides is 1. The maximum absolute atomic E-state index is 11.2. The highest BCUT2D eigenvalue weighted by molar-refractivity contribution is 5.81. The Morgan fingerprint density at radius 3 is 2.37 bits per heavy atom. The van der Waals surface area contributed by atoms with Crippen molar-refractivity contribution in [3.8, 4) is 0 Å². The summed E-state index contributed by atoms with van der Waals surface area (Å²) in [6, 6.07) is 0. The summed E-state index contributed by atoms with van der Waals surface area (Å²) >= 11 is 0. The quantitative estimate of drug-likeness (QED) is 0.356. The van der Waals surface area contributed by atoms with E-state index in [4.69, 9.17) is 4.74 Å². The molecule has 0 aromatic carbocycles. The molecule has 0 saturated heterocycles. The van der Waals surface area contributed by atoms with E-state index in [1.54, 1.807) is 0 Å². The molecule has 0 atom stereocenters. The van der Waals surface area contributed by atoms with Crippen molar-refractivity contribution in [3.05, 3.63) is 12.7 Å². The van der Waals surface area contributed by atoms with Crippen LogP contribution in [0.2, 0.25) is 0 Å². The van der Waals surface area contributed by atoms with Gasteiger partial charge in [0.25, 0.3) is 0 Å². The molecule has 0 aliphatic heterocycles. The third-order valence-electron chi connectivity index (χ3n) is 2.53. The molecule has 5 heteroatoms. The molecule has 0 heterocycles. The number of ether oxygens (including phenoxy) is 2. The molecule has 0 bridgehead atoms. The first-order chi connectivity index (χ1) is 9.20. The van der Waals surface area contributed by atoms with Gasteiger partial charge in [0.2, 0.25) is 0 Å². The minimum atomic E-state index is -0.518. The molecule has 0 aromatic heterocycles. The minimum absolute atomic E-state index is 0.0509. The second-order valence-electron chi connectivity index (χ2n) is 4.20. The summed E-state index contributed by atoms with van der Waals surface area (Å²) in [5.74, 6) is -0.518. The summed E-state index contributed by atoms with van der Waals surface area (Å²) in [5.41, 5.74) is 0. The van der Waals surface area contributed by atoms with E-state index in [0.29, 0.717) is 6.54 Å². The van der Waals surface area contributed by atoms with Gasteiger partial charge in [-0.3, -0.25) is 0 Å². The molecule has 0 aliphatic rings. The van der Waals surface area contributed by atoms with Gasteiger partial charge in [-0.15, -0.1) is 0 Å². The zero-order valence-electron chi connectivity index (χ0n) is 11.8. The number of unbranched alkanes of at least 4 members (excludes halogenated alkanes) is 5. The highest BCUT2D eigenvalue weighted by Gasteiger charge is 2.01. The topological polar surface area (TPSA) is 64.6 Å². The van der Waals surface area contributed by atoms with Crippen LogP contribution in [-0.4, -0.2) is 31.8 Å². The summed E-state index contributed by atoms with van der Waals surface area (Å²) in [4.78, 5) is 21.9. The van der Waals surface area contributed by atoms with Crippen LogP contribution in [0.1, 0.15) is 45.4 Å². The molecule has 1 N–H and O–H groups in total. The normalized spacial score (nSPS) is 9.74. The predicted molar refractivity (Wildman–Crippen MR) is 73.9 cm³/mol. The lowest BCUT2D eigenvalue weighted by Crippen LogP contribution is -2.26. The van der Waals surface area contributed by atoms with E-state index in [0.717, 1.165) is 18.9 Å². The summed E-state index contributed by atoms with van der Waals surface area (Å²) in [6.45, 7) is 6.17. The van der Waals surface area contributed by atoms with Crippen LogP contribution in [-0.2, 0) is 14.3 Å². The average Bonchev–Trinajstić information content (AvgIpc) is 2.42. The lowest BCUT2D eigenvalue weighted by Gasteiger charge is -2.07. The number of carbonyl (C=O) groups is 2. The lowest BCUT2D eigenvalue weighted by atomic mass is 10.1. The van der Waals surface area contributed by atoms with Gasteiger partial charge in [-0.05, 0) is 6.42 Å². The van der Waals surface area contributed by atoms with Crippen LogP contribution < -0.4 is 5.32 Å². The van der Waals surface area contributed by atoms with Gasteiger partial charge in [0.15, 0.2) is 0 Å². The van der Waals surface area contributed by atoms with Crippen molar-refractivity contribution >= 4 is 12.1 Å². The Hall–Kier alpha value is -1.52. The molecule has 0 aliphatic carbocycles. The molecule has 0 radical (unpaired) electrons.